The minimum atomic E-state index is -0.0544. The third-order valence-electron chi connectivity index (χ3n) is 3.52. The lowest BCUT2D eigenvalue weighted by atomic mass is 10.1. The number of hydrogen-bond acceptors (Lipinski definition) is 3. The fourth-order valence-corrected chi connectivity index (χ4v) is 2.21. The molecule has 0 fully saturated rings. The number of nitrogens with zero attached hydrogens (tertiary/aromatic N) is 3. The largest absolute Gasteiger partial charge is 0.399 e. The number of aryl methyl sites for hydroxylation is 2. The van der Waals surface area contributed by atoms with Crippen molar-refractivity contribution in [3.05, 3.63) is 47.3 Å². The van der Waals surface area contributed by atoms with Crippen molar-refractivity contribution in [1.82, 2.24) is 14.7 Å². The SMILES string of the molecule is Cc1cc(C(=O)N(C)C(C)c2cccc(N)c2)n(C)n1. The van der Waals surface area contributed by atoms with Crippen LogP contribution in [-0.4, -0.2) is 27.6 Å². The number of aromatic nitrogens is 2. The van der Waals surface area contributed by atoms with Gasteiger partial charge in [0.1, 0.15) is 5.69 Å². The standard InChI is InChI=1S/C15H20N4O/c1-10-8-14(19(4)17-10)15(20)18(3)11(2)12-6-5-7-13(16)9-12/h5-9,11H,16H2,1-4H3. The quantitative estimate of drug-likeness (QED) is 0.871. The third-order valence-corrected chi connectivity index (χ3v) is 3.52. The summed E-state index contributed by atoms with van der Waals surface area (Å²) in [6.45, 7) is 3.86. The van der Waals surface area contributed by atoms with Crippen LogP contribution in [0.25, 0.3) is 0 Å². The van der Waals surface area contributed by atoms with Crippen molar-refractivity contribution in [3.8, 4) is 0 Å². The van der Waals surface area contributed by atoms with Crippen molar-refractivity contribution >= 4 is 11.6 Å². The van der Waals surface area contributed by atoms with Gasteiger partial charge in [0.2, 0.25) is 0 Å². The van der Waals surface area contributed by atoms with Crippen molar-refractivity contribution in [2.24, 2.45) is 7.05 Å². The lowest BCUT2D eigenvalue weighted by molar-refractivity contribution is 0.0731. The van der Waals surface area contributed by atoms with Gasteiger partial charge >= 0.3 is 0 Å². The first-order valence-corrected chi connectivity index (χ1v) is 6.53. The van der Waals surface area contributed by atoms with Crippen LogP contribution in [0.3, 0.4) is 0 Å². The number of nitrogen functional groups attached to an aromatic ring is 1. The summed E-state index contributed by atoms with van der Waals surface area (Å²) in [5.74, 6) is -0.0528. The molecule has 20 heavy (non-hydrogen) atoms. The van der Waals surface area contributed by atoms with Gasteiger partial charge in [0.05, 0.1) is 11.7 Å². The van der Waals surface area contributed by atoms with Crippen LogP contribution in [0.2, 0.25) is 0 Å². The number of amides is 1. The van der Waals surface area contributed by atoms with E-state index in [0.29, 0.717) is 11.4 Å². The maximum Gasteiger partial charge on any atom is 0.272 e. The fourth-order valence-electron chi connectivity index (χ4n) is 2.21. The summed E-state index contributed by atoms with van der Waals surface area (Å²) >= 11 is 0. The van der Waals surface area contributed by atoms with Crippen LogP contribution in [-0.2, 0) is 7.05 Å². The Morgan fingerprint density at radius 2 is 2.10 bits per heavy atom. The molecule has 2 rings (SSSR count). The summed E-state index contributed by atoms with van der Waals surface area (Å²) in [4.78, 5) is 14.2. The smallest absolute Gasteiger partial charge is 0.272 e. The highest BCUT2D eigenvalue weighted by Gasteiger charge is 2.21. The van der Waals surface area contributed by atoms with Crippen LogP contribution in [0.1, 0.15) is 34.7 Å². The molecule has 5 nitrogen and oxygen atoms in total. The van der Waals surface area contributed by atoms with E-state index in [0.717, 1.165) is 11.3 Å². The Morgan fingerprint density at radius 3 is 2.65 bits per heavy atom. The Morgan fingerprint density at radius 1 is 1.40 bits per heavy atom. The van der Waals surface area contributed by atoms with E-state index in [-0.39, 0.29) is 11.9 Å². The van der Waals surface area contributed by atoms with E-state index in [2.05, 4.69) is 5.10 Å². The van der Waals surface area contributed by atoms with Crippen LogP contribution >= 0.6 is 0 Å². The van der Waals surface area contributed by atoms with Crippen LogP contribution in [0, 0.1) is 6.92 Å². The van der Waals surface area contributed by atoms with Gasteiger partial charge in [-0.15, -0.1) is 0 Å². The van der Waals surface area contributed by atoms with Crippen molar-refractivity contribution < 1.29 is 4.79 Å². The molecule has 0 aliphatic carbocycles. The highest BCUT2D eigenvalue weighted by atomic mass is 16.2. The van der Waals surface area contributed by atoms with Gasteiger partial charge in [0, 0.05) is 19.8 Å². The van der Waals surface area contributed by atoms with E-state index >= 15 is 0 Å². The molecular formula is C15H20N4O. The molecule has 0 spiro atoms. The molecule has 1 atom stereocenters. The molecule has 0 aliphatic rings. The predicted molar refractivity (Wildman–Crippen MR) is 79.3 cm³/mol. The number of benzene rings is 1. The molecule has 0 bridgehead atoms. The third kappa shape index (κ3) is 2.66. The molecule has 1 aromatic carbocycles. The van der Waals surface area contributed by atoms with Gasteiger partial charge in [-0.05, 0) is 37.6 Å². The molecular weight excluding hydrogens is 252 g/mol. The molecule has 1 heterocycles. The normalized spacial score (nSPS) is 12.2. The number of carbonyl (C=O) groups is 1. The Hall–Kier alpha value is -2.30. The molecule has 0 saturated heterocycles. The second-order valence-electron chi connectivity index (χ2n) is 5.06. The predicted octanol–water partition coefficient (Wildman–Crippen LogP) is 2.14. The second-order valence-corrected chi connectivity index (χ2v) is 5.06. The van der Waals surface area contributed by atoms with Gasteiger partial charge in [-0.3, -0.25) is 9.48 Å². The zero-order chi connectivity index (χ0) is 14.9. The Labute approximate surface area is 119 Å². The van der Waals surface area contributed by atoms with Gasteiger partial charge in [-0.2, -0.15) is 5.10 Å². The van der Waals surface area contributed by atoms with Crippen molar-refractivity contribution in [3.63, 3.8) is 0 Å². The van der Waals surface area contributed by atoms with Gasteiger partial charge in [-0.1, -0.05) is 12.1 Å². The molecule has 0 aliphatic heterocycles. The zero-order valence-corrected chi connectivity index (χ0v) is 12.3. The number of hydrogen-bond donors (Lipinski definition) is 1. The first kappa shape index (κ1) is 14.1. The summed E-state index contributed by atoms with van der Waals surface area (Å²) in [6.07, 6.45) is 0. The summed E-state index contributed by atoms with van der Waals surface area (Å²) < 4.78 is 1.61. The molecule has 2 N–H and O–H groups in total. The van der Waals surface area contributed by atoms with Crippen LogP contribution in [0.5, 0.6) is 0 Å². The molecule has 0 saturated carbocycles. The first-order valence-electron chi connectivity index (χ1n) is 6.53. The minimum absolute atomic E-state index is 0.0528. The number of anilines is 1. The van der Waals surface area contributed by atoms with Crippen LogP contribution in [0.4, 0.5) is 5.69 Å². The van der Waals surface area contributed by atoms with E-state index in [1.807, 2.05) is 38.1 Å². The van der Waals surface area contributed by atoms with Crippen molar-refractivity contribution in [2.75, 3.05) is 12.8 Å². The van der Waals surface area contributed by atoms with E-state index in [1.165, 1.54) is 0 Å². The molecule has 106 valence electrons. The first-order chi connectivity index (χ1) is 9.40. The molecule has 1 unspecified atom stereocenters. The topological polar surface area (TPSA) is 64.2 Å². The molecule has 0 radical (unpaired) electrons. The maximum atomic E-state index is 12.5. The van der Waals surface area contributed by atoms with E-state index in [4.69, 9.17) is 5.73 Å². The molecule has 5 heteroatoms. The van der Waals surface area contributed by atoms with E-state index in [1.54, 1.807) is 29.7 Å². The lowest BCUT2D eigenvalue weighted by Crippen LogP contribution is -2.31. The highest BCUT2D eigenvalue weighted by Crippen LogP contribution is 2.22. The van der Waals surface area contributed by atoms with Crippen molar-refractivity contribution in [2.45, 2.75) is 19.9 Å². The average molecular weight is 272 g/mol. The number of rotatable bonds is 3. The fraction of sp³-hybridized carbons (Fsp3) is 0.333. The van der Waals surface area contributed by atoms with Crippen molar-refractivity contribution in [1.29, 1.82) is 0 Å². The monoisotopic (exact) mass is 272 g/mol. The Balaban J connectivity index is 2.24. The summed E-state index contributed by atoms with van der Waals surface area (Å²) in [5, 5.41) is 4.21. The molecule has 1 aromatic heterocycles. The average Bonchev–Trinajstić information content (AvgIpc) is 2.75. The van der Waals surface area contributed by atoms with Crippen LogP contribution in [0.15, 0.2) is 30.3 Å². The lowest BCUT2D eigenvalue weighted by Gasteiger charge is -2.25. The molecule has 1 amide bonds. The highest BCUT2D eigenvalue weighted by molar-refractivity contribution is 5.92. The minimum Gasteiger partial charge on any atom is -0.399 e. The number of carbonyl (C=O) groups excluding carboxylic acids is 1. The van der Waals surface area contributed by atoms with E-state index < -0.39 is 0 Å². The summed E-state index contributed by atoms with van der Waals surface area (Å²) in [5.41, 5.74) is 8.93. The Bertz CT molecular complexity index is 633. The van der Waals surface area contributed by atoms with Gasteiger partial charge in [0.15, 0.2) is 0 Å². The number of nitrogens with two attached hydrogens (primary N) is 1. The molecule has 2 aromatic rings. The zero-order valence-electron chi connectivity index (χ0n) is 12.3. The summed E-state index contributed by atoms with van der Waals surface area (Å²) in [7, 11) is 3.57. The van der Waals surface area contributed by atoms with Gasteiger partial charge in [-0.25, -0.2) is 0 Å². The van der Waals surface area contributed by atoms with Gasteiger partial charge in [0.25, 0.3) is 5.91 Å². The van der Waals surface area contributed by atoms with Crippen LogP contribution < -0.4 is 5.73 Å². The summed E-state index contributed by atoms with van der Waals surface area (Å²) in [6, 6.07) is 9.34. The van der Waals surface area contributed by atoms with E-state index in [9.17, 15) is 4.79 Å². The second kappa shape index (κ2) is 5.36. The Kier molecular flexibility index (Phi) is 3.79. The van der Waals surface area contributed by atoms with Gasteiger partial charge < -0.3 is 10.6 Å². The maximum absolute atomic E-state index is 12.5.